The Labute approximate surface area is 149 Å². The number of nitrogens with one attached hydrogen (secondary N) is 2. The molecule has 0 aliphatic rings. The lowest BCUT2D eigenvalue weighted by molar-refractivity contribution is 0.0950. The Kier molecular flexibility index (Phi) is 5.25. The highest BCUT2D eigenvalue weighted by Gasteiger charge is 2.10. The number of carbonyl (C=O) groups is 1. The number of aromatic nitrogens is 2. The van der Waals surface area contributed by atoms with Crippen LogP contribution in [0.4, 0.5) is 0 Å². The predicted octanol–water partition coefficient (Wildman–Crippen LogP) is 3.61. The van der Waals surface area contributed by atoms with Gasteiger partial charge in [-0.25, -0.2) is 5.43 Å². The molecule has 0 atom stereocenters. The fourth-order valence-corrected chi connectivity index (χ4v) is 2.99. The molecule has 3 aromatic rings. The summed E-state index contributed by atoms with van der Waals surface area (Å²) in [5.74, 6) is 0.466. The van der Waals surface area contributed by atoms with E-state index in [0.717, 1.165) is 21.8 Å². The number of thiophene rings is 1. The van der Waals surface area contributed by atoms with Crippen molar-refractivity contribution in [2.45, 2.75) is 13.8 Å². The Bertz CT molecular complexity index is 881. The third-order valence-corrected chi connectivity index (χ3v) is 4.49. The van der Waals surface area contributed by atoms with Crippen molar-refractivity contribution in [1.82, 2.24) is 15.6 Å². The second-order valence-corrected chi connectivity index (χ2v) is 6.24. The zero-order valence-corrected chi connectivity index (χ0v) is 14.8. The van der Waals surface area contributed by atoms with E-state index in [0.29, 0.717) is 18.0 Å². The lowest BCUT2D eigenvalue weighted by atomic mass is 10.1. The van der Waals surface area contributed by atoms with Gasteiger partial charge in [0.1, 0.15) is 11.4 Å². The summed E-state index contributed by atoms with van der Waals surface area (Å²) < 4.78 is 5.42. The van der Waals surface area contributed by atoms with Crippen molar-refractivity contribution in [2.75, 3.05) is 6.61 Å². The number of H-pyrrole nitrogens is 1. The van der Waals surface area contributed by atoms with Gasteiger partial charge in [0.15, 0.2) is 0 Å². The molecule has 128 valence electrons. The van der Waals surface area contributed by atoms with E-state index in [1.165, 1.54) is 0 Å². The number of aryl methyl sites for hydroxylation is 1. The molecular formula is C18H18N4O2S. The van der Waals surface area contributed by atoms with E-state index in [1.54, 1.807) is 23.6 Å². The smallest absolute Gasteiger partial charge is 0.289 e. The van der Waals surface area contributed by atoms with Gasteiger partial charge in [-0.1, -0.05) is 0 Å². The van der Waals surface area contributed by atoms with Crippen molar-refractivity contribution in [3.05, 3.63) is 57.9 Å². The van der Waals surface area contributed by atoms with Gasteiger partial charge in [0.2, 0.25) is 0 Å². The fourth-order valence-electron chi connectivity index (χ4n) is 2.20. The quantitative estimate of drug-likeness (QED) is 0.524. The van der Waals surface area contributed by atoms with E-state index in [-0.39, 0.29) is 5.91 Å². The highest BCUT2D eigenvalue weighted by molar-refractivity contribution is 7.11. The van der Waals surface area contributed by atoms with Gasteiger partial charge in [0.05, 0.1) is 18.5 Å². The van der Waals surface area contributed by atoms with Crippen LogP contribution in [0.3, 0.4) is 0 Å². The first kappa shape index (κ1) is 16.9. The maximum Gasteiger partial charge on any atom is 0.289 e. The molecule has 7 heteroatoms. The monoisotopic (exact) mass is 354 g/mol. The predicted molar refractivity (Wildman–Crippen MR) is 99.3 cm³/mol. The van der Waals surface area contributed by atoms with Crippen LogP contribution in [0.15, 0.2) is 46.9 Å². The minimum absolute atomic E-state index is 0.338. The average Bonchev–Trinajstić information content (AvgIpc) is 3.26. The number of benzene rings is 1. The minimum Gasteiger partial charge on any atom is -0.494 e. The summed E-state index contributed by atoms with van der Waals surface area (Å²) in [7, 11) is 0. The molecule has 0 bridgehead atoms. The second-order valence-electron chi connectivity index (χ2n) is 5.29. The molecule has 0 radical (unpaired) electrons. The molecule has 1 amide bonds. The van der Waals surface area contributed by atoms with Crippen molar-refractivity contribution in [2.24, 2.45) is 5.10 Å². The van der Waals surface area contributed by atoms with Crippen LogP contribution in [0.5, 0.6) is 5.75 Å². The lowest BCUT2D eigenvalue weighted by Gasteiger charge is -2.02. The Morgan fingerprint density at radius 2 is 2.16 bits per heavy atom. The van der Waals surface area contributed by atoms with Gasteiger partial charge < -0.3 is 4.74 Å². The van der Waals surface area contributed by atoms with Crippen LogP contribution < -0.4 is 10.2 Å². The lowest BCUT2D eigenvalue weighted by Crippen LogP contribution is -2.17. The molecule has 1 aromatic carbocycles. The van der Waals surface area contributed by atoms with E-state index >= 15 is 0 Å². The standard InChI is InChI=1S/C18H18N4O2S/c1-3-24-14-6-4-13(5-7-14)15-10-16(21-20-15)18(23)22-19-11-17-12(2)8-9-25-17/h4-11H,3H2,1-2H3,(H,20,21)(H,22,23). The molecule has 0 aliphatic heterocycles. The molecule has 6 nitrogen and oxygen atoms in total. The molecule has 2 N–H and O–H groups in total. The van der Waals surface area contributed by atoms with Crippen molar-refractivity contribution < 1.29 is 9.53 Å². The van der Waals surface area contributed by atoms with Gasteiger partial charge >= 0.3 is 0 Å². The summed E-state index contributed by atoms with van der Waals surface area (Å²) in [5.41, 5.74) is 5.56. The topological polar surface area (TPSA) is 79.4 Å². The molecule has 2 aromatic heterocycles. The van der Waals surface area contributed by atoms with E-state index in [9.17, 15) is 4.79 Å². The third kappa shape index (κ3) is 4.13. The zero-order valence-electron chi connectivity index (χ0n) is 13.9. The first-order valence-corrected chi connectivity index (χ1v) is 8.71. The van der Waals surface area contributed by atoms with Crippen LogP contribution in [-0.4, -0.2) is 28.9 Å². The minimum atomic E-state index is -0.338. The maximum absolute atomic E-state index is 12.1. The first-order valence-electron chi connectivity index (χ1n) is 7.83. The number of ether oxygens (including phenoxy) is 1. The van der Waals surface area contributed by atoms with Gasteiger partial charge in [-0.3, -0.25) is 9.89 Å². The van der Waals surface area contributed by atoms with Crippen LogP contribution in [0.1, 0.15) is 27.9 Å². The number of amides is 1. The van der Waals surface area contributed by atoms with Crippen molar-refractivity contribution >= 4 is 23.5 Å². The summed E-state index contributed by atoms with van der Waals surface area (Å²) in [6, 6.07) is 11.3. The summed E-state index contributed by atoms with van der Waals surface area (Å²) in [6.45, 7) is 4.56. The SMILES string of the molecule is CCOc1ccc(-c2cc(C(=O)NN=Cc3sccc3C)[nH]n2)cc1. The number of hydrazone groups is 1. The molecule has 0 saturated carbocycles. The number of carbonyl (C=O) groups excluding carboxylic acids is 1. The molecule has 0 saturated heterocycles. The maximum atomic E-state index is 12.1. The molecule has 2 heterocycles. The van der Waals surface area contributed by atoms with Crippen LogP contribution in [0.25, 0.3) is 11.3 Å². The molecule has 3 rings (SSSR count). The van der Waals surface area contributed by atoms with E-state index in [4.69, 9.17) is 4.74 Å². The first-order chi connectivity index (χ1) is 12.2. The summed E-state index contributed by atoms with van der Waals surface area (Å²) in [4.78, 5) is 13.1. The Morgan fingerprint density at radius 1 is 1.36 bits per heavy atom. The molecule has 0 fully saturated rings. The normalized spacial score (nSPS) is 11.0. The summed E-state index contributed by atoms with van der Waals surface area (Å²) in [6.07, 6.45) is 1.64. The molecule has 0 spiro atoms. The van der Waals surface area contributed by atoms with E-state index in [2.05, 4.69) is 20.7 Å². The largest absolute Gasteiger partial charge is 0.494 e. The van der Waals surface area contributed by atoms with Gasteiger partial charge in [0.25, 0.3) is 5.91 Å². The molecular weight excluding hydrogens is 336 g/mol. The van der Waals surface area contributed by atoms with Gasteiger partial charge in [-0.15, -0.1) is 11.3 Å². The average molecular weight is 354 g/mol. The van der Waals surface area contributed by atoms with Crippen LogP contribution in [0, 0.1) is 6.92 Å². The highest BCUT2D eigenvalue weighted by atomic mass is 32.1. The molecule has 0 unspecified atom stereocenters. The highest BCUT2D eigenvalue weighted by Crippen LogP contribution is 2.21. The number of hydrogen-bond donors (Lipinski definition) is 2. The summed E-state index contributed by atoms with van der Waals surface area (Å²) in [5, 5.41) is 12.9. The molecule has 25 heavy (non-hydrogen) atoms. The van der Waals surface area contributed by atoms with Crippen LogP contribution in [-0.2, 0) is 0 Å². The summed E-state index contributed by atoms with van der Waals surface area (Å²) >= 11 is 1.57. The number of nitrogens with zero attached hydrogens (tertiary/aromatic N) is 2. The number of hydrogen-bond acceptors (Lipinski definition) is 5. The van der Waals surface area contributed by atoms with Gasteiger partial charge in [0, 0.05) is 10.4 Å². The Morgan fingerprint density at radius 3 is 2.84 bits per heavy atom. The van der Waals surface area contributed by atoms with E-state index < -0.39 is 0 Å². The van der Waals surface area contributed by atoms with Crippen LogP contribution in [0.2, 0.25) is 0 Å². The number of rotatable bonds is 6. The van der Waals surface area contributed by atoms with Crippen molar-refractivity contribution in [1.29, 1.82) is 0 Å². The van der Waals surface area contributed by atoms with Gasteiger partial charge in [-0.2, -0.15) is 10.2 Å². The van der Waals surface area contributed by atoms with Crippen LogP contribution >= 0.6 is 11.3 Å². The fraction of sp³-hybridized carbons (Fsp3) is 0.167. The Hall–Kier alpha value is -2.93. The van der Waals surface area contributed by atoms with Crippen molar-refractivity contribution in [3.8, 4) is 17.0 Å². The van der Waals surface area contributed by atoms with E-state index in [1.807, 2.05) is 49.6 Å². The Balaban J connectivity index is 1.65. The molecule has 0 aliphatic carbocycles. The number of aromatic amines is 1. The van der Waals surface area contributed by atoms with Gasteiger partial charge in [-0.05, 0) is 61.2 Å². The zero-order chi connectivity index (χ0) is 17.6. The second kappa shape index (κ2) is 7.76. The third-order valence-electron chi connectivity index (χ3n) is 3.53. The van der Waals surface area contributed by atoms with Crippen molar-refractivity contribution in [3.63, 3.8) is 0 Å².